The van der Waals surface area contributed by atoms with Gasteiger partial charge in [0.2, 0.25) is 23.2 Å². The minimum Gasteiger partial charge on any atom is -0.388 e. The van der Waals surface area contributed by atoms with E-state index in [2.05, 4.69) is 37.0 Å². The van der Waals surface area contributed by atoms with Gasteiger partial charge < -0.3 is 27.0 Å². The van der Waals surface area contributed by atoms with Crippen molar-refractivity contribution in [3.8, 4) is 0 Å². The molecule has 0 saturated heterocycles. The molecule has 0 spiro atoms. The normalized spacial score (nSPS) is 13.1. The summed E-state index contributed by atoms with van der Waals surface area (Å²) in [6, 6.07) is 17.1. The first-order valence-electron chi connectivity index (χ1n) is 15.0. The number of halogens is 1. The van der Waals surface area contributed by atoms with E-state index in [4.69, 9.17) is 23.2 Å². The Balaban J connectivity index is 1.73. The summed E-state index contributed by atoms with van der Waals surface area (Å²) in [6.07, 6.45) is 2.26. The molecule has 0 bridgehead atoms. The van der Waals surface area contributed by atoms with E-state index in [9.17, 15) is 14.4 Å². The standard InChI is InChI=1S/C33H42ClN9O3/c1-22(2)31(36)38-16-18-43(17-15-37-23(3)35)30(44)20-29(42-34)33(46)41-28(14-13-24-9-5-4-6-10-24)32(45)40-26-19-25-11-7-8-12-27(25)39-21-26/h4-12,19,21,28-29,42H,1,13-18,20H2,2-3H3,(H2,35,37)(H2,36,38)(H,40,45)(H,41,46)/p+1. The highest BCUT2D eigenvalue weighted by molar-refractivity contribution is 6.15. The SMILES string of the molecule is C=C(C)C(N)=NCCN(CCN=C(C)N)C(=O)CC(NCl)C(=O)NC(CCc1ccccc1)C(=O)Nc1c[nH+]c2ccccc2c1. The Morgan fingerprint density at radius 1 is 0.957 bits per heavy atom. The van der Waals surface area contributed by atoms with Crippen LogP contribution in [0.2, 0.25) is 0 Å². The van der Waals surface area contributed by atoms with Crippen molar-refractivity contribution in [2.45, 2.75) is 45.2 Å². The number of amides is 3. The maximum absolute atomic E-state index is 13.5. The van der Waals surface area contributed by atoms with E-state index >= 15 is 0 Å². The second-order valence-electron chi connectivity index (χ2n) is 10.9. The number of amidine groups is 2. The first kappa shape index (κ1) is 35.7. The zero-order valence-electron chi connectivity index (χ0n) is 26.3. The van der Waals surface area contributed by atoms with E-state index in [1.807, 2.05) is 60.7 Å². The van der Waals surface area contributed by atoms with Crippen molar-refractivity contribution >= 4 is 57.8 Å². The maximum Gasteiger partial charge on any atom is 0.247 e. The van der Waals surface area contributed by atoms with Crippen LogP contribution in [0.3, 0.4) is 0 Å². The van der Waals surface area contributed by atoms with Crippen molar-refractivity contribution in [1.82, 2.24) is 15.1 Å². The fraction of sp³-hybridized carbons (Fsp3) is 0.333. The number of para-hydroxylation sites is 1. The number of hydrogen-bond donors (Lipinski definition) is 5. The van der Waals surface area contributed by atoms with Crippen LogP contribution in [-0.4, -0.2) is 72.6 Å². The van der Waals surface area contributed by atoms with Crippen LogP contribution in [0, 0.1) is 0 Å². The number of aliphatic imine (C=N–C) groups is 2. The monoisotopic (exact) mass is 648 g/mol. The van der Waals surface area contributed by atoms with E-state index in [0.717, 1.165) is 16.5 Å². The molecule has 0 aliphatic heterocycles. The molecule has 0 saturated carbocycles. The third-order valence-corrected chi connectivity index (χ3v) is 7.38. The lowest BCUT2D eigenvalue weighted by molar-refractivity contribution is -0.343. The number of carbonyl (C=O) groups is 3. The summed E-state index contributed by atoms with van der Waals surface area (Å²) in [7, 11) is 0. The number of nitrogens with one attached hydrogen (secondary N) is 4. The van der Waals surface area contributed by atoms with E-state index in [1.54, 1.807) is 20.0 Å². The molecular formula is C33H43ClN9O3+. The van der Waals surface area contributed by atoms with Crippen molar-refractivity contribution in [1.29, 1.82) is 0 Å². The molecule has 0 radical (unpaired) electrons. The van der Waals surface area contributed by atoms with Crippen LogP contribution in [0.4, 0.5) is 5.69 Å². The lowest BCUT2D eigenvalue weighted by Gasteiger charge is -2.25. The van der Waals surface area contributed by atoms with E-state index in [-0.39, 0.29) is 38.5 Å². The first-order valence-corrected chi connectivity index (χ1v) is 15.4. The summed E-state index contributed by atoms with van der Waals surface area (Å²) in [4.78, 5) is 55.9. The molecule has 244 valence electrons. The molecule has 1 heterocycles. The van der Waals surface area contributed by atoms with Gasteiger partial charge in [0, 0.05) is 24.5 Å². The Kier molecular flexibility index (Phi) is 14.1. The Morgan fingerprint density at radius 2 is 1.63 bits per heavy atom. The number of aryl methyl sites for hydroxylation is 1. The average molecular weight is 649 g/mol. The third-order valence-electron chi connectivity index (χ3n) is 7.12. The van der Waals surface area contributed by atoms with E-state index in [0.29, 0.717) is 35.8 Å². The van der Waals surface area contributed by atoms with Crippen LogP contribution in [0.5, 0.6) is 0 Å². The van der Waals surface area contributed by atoms with Gasteiger partial charge in [-0.1, -0.05) is 49.0 Å². The van der Waals surface area contributed by atoms with Crippen molar-refractivity contribution in [2.24, 2.45) is 21.5 Å². The molecule has 2 unspecified atom stereocenters. The number of fused-ring (bicyclic) bond motifs is 1. The van der Waals surface area contributed by atoms with Crippen LogP contribution < -0.4 is 31.9 Å². The highest BCUT2D eigenvalue weighted by Crippen LogP contribution is 2.15. The average Bonchev–Trinajstić information content (AvgIpc) is 3.04. The molecule has 46 heavy (non-hydrogen) atoms. The van der Waals surface area contributed by atoms with Gasteiger partial charge >= 0.3 is 0 Å². The molecule has 2 atom stereocenters. The number of carbonyl (C=O) groups excluding carboxylic acids is 3. The molecule has 13 heteroatoms. The van der Waals surface area contributed by atoms with Gasteiger partial charge in [-0.3, -0.25) is 24.4 Å². The molecule has 3 amide bonds. The minimum atomic E-state index is -1.12. The Morgan fingerprint density at radius 3 is 2.30 bits per heavy atom. The van der Waals surface area contributed by atoms with Crippen LogP contribution >= 0.6 is 11.8 Å². The van der Waals surface area contributed by atoms with Crippen LogP contribution in [-0.2, 0) is 20.8 Å². The van der Waals surface area contributed by atoms with E-state index in [1.165, 1.54) is 4.90 Å². The quantitative estimate of drug-likeness (QED) is 0.0851. The lowest BCUT2D eigenvalue weighted by Crippen LogP contribution is -2.51. The fourth-order valence-electron chi connectivity index (χ4n) is 4.54. The zero-order valence-corrected chi connectivity index (χ0v) is 27.0. The first-order chi connectivity index (χ1) is 22.1. The molecule has 0 aliphatic carbocycles. The second kappa shape index (κ2) is 18.2. The molecule has 1 aromatic heterocycles. The molecule has 3 rings (SSSR count). The predicted molar refractivity (Wildman–Crippen MR) is 183 cm³/mol. The van der Waals surface area contributed by atoms with Crippen molar-refractivity contribution in [2.75, 3.05) is 31.5 Å². The number of benzene rings is 2. The smallest absolute Gasteiger partial charge is 0.247 e. The molecular weight excluding hydrogens is 606 g/mol. The molecule has 2 aromatic carbocycles. The lowest BCUT2D eigenvalue weighted by atomic mass is 10.0. The maximum atomic E-state index is 13.5. The number of pyridine rings is 1. The summed E-state index contributed by atoms with van der Waals surface area (Å²) in [6.45, 7) is 8.14. The van der Waals surface area contributed by atoms with Gasteiger partial charge in [-0.2, -0.15) is 0 Å². The zero-order chi connectivity index (χ0) is 33.5. The van der Waals surface area contributed by atoms with E-state index < -0.39 is 23.9 Å². The van der Waals surface area contributed by atoms with Crippen LogP contribution in [0.25, 0.3) is 10.9 Å². The number of rotatable bonds is 17. The van der Waals surface area contributed by atoms with Gasteiger partial charge in [0.25, 0.3) is 0 Å². The number of nitrogens with zero attached hydrogens (tertiary/aromatic N) is 3. The summed E-state index contributed by atoms with van der Waals surface area (Å²) in [5, 5.41) is 6.62. The van der Waals surface area contributed by atoms with Gasteiger partial charge in [0.05, 0.1) is 25.3 Å². The molecule has 8 N–H and O–H groups in total. The highest BCUT2D eigenvalue weighted by atomic mass is 35.5. The Bertz CT molecular complexity index is 1560. The third kappa shape index (κ3) is 11.6. The van der Waals surface area contributed by atoms with Crippen LogP contribution in [0.15, 0.2) is 89.0 Å². The van der Waals surface area contributed by atoms with Crippen molar-refractivity contribution in [3.05, 3.63) is 84.6 Å². The molecule has 0 fully saturated rings. The summed E-state index contributed by atoms with van der Waals surface area (Å²) >= 11 is 5.99. The van der Waals surface area contributed by atoms with Gasteiger partial charge in [0.15, 0.2) is 6.20 Å². The summed E-state index contributed by atoms with van der Waals surface area (Å²) in [5.74, 6) is -0.680. The highest BCUT2D eigenvalue weighted by Gasteiger charge is 2.29. The van der Waals surface area contributed by atoms with Crippen molar-refractivity contribution in [3.63, 3.8) is 0 Å². The molecule has 3 aromatic rings. The van der Waals surface area contributed by atoms with Gasteiger partial charge in [-0.05, 0) is 61.7 Å². The fourth-order valence-corrected chi connectivity index (χ4v) is 4.71. The number of nitrogens with two attached hydrogens (primary N) is 2. The summed E-state index contributed by atoms with van der Waals surface area (Å²) in [5.41, 5.74) is 14.6. The largest absolute Gasteiger partial charge is 0.388 e. The Labute approximate surface area is 274 Å². The number of aromatic amines is 1. The number of anilines is 1. The topological polar surface area (TPSA) is 181 Å². The summed E-state index contributed by atoms with van der Waals surface area (Å²) < 4.78 is 0. The Hall–Kier alpha value is -4.81. The van der Waals surface area contributed by atoms with Gasteiger partial charge in [-0.15, -0.1) is 0 Å². The number of aromatic nitrogens is 1. The number of hydrogen-bond acceptors (Lipinski definition) is 6. The second-order valence-corrected chi connectivity index (χ2v) is 11.1. The predicted octanol–water partition coefficient (Wildman–Crippen LogP) is 2.35. The number of H-pyrrole nitrogens is 1. The van der Waals surface area contributed by atoms with Gasteiger partial charge in [0.1, 0.15) is 23.6 Å². The minimum absolute atomic E-state index is 0.230. The van der Waals surface area contributed by atoms with Crippen molar-refractivity contribution < 1.29 is 19.4 Å². The molecule has 0 aliphatic rings. The molecule has 12 nitrogen and oxygen atoms in total. The van der Waals surface area contributed by atoms with Crippen LogP contribution in [0.1, 0.15) is 32.3 Å². The van der Waals surface area contributed by atoms with Gasteiger partial charge in [-0.25, -0.2) is 9.82 Å².